The molecule has 0 spiro atoms. The Bertz CT molecular complexity index is 421. The van der Waals surface area contributed by atoms with Gasteiger partial charge in [0.25, 0.3) is 0 Å². The lowest BCUT2D eigenvalue weighted by Gasteiger charge is -2.27. The van der Waals surface area contributed by atoms with Gasteiger partial charge in [-0.2, -0.15) is 0 Å². The first-order valence-electron chi connectivity index (χ1n) is 7.17. The highest BCUT2D eigenvalue weighted by atomic mass is 16.5. The van der Waals surface area contributed by atoms with Crippen LogP contribution in [-0.4, -0.2) is 40.0 Å². The molecular formula is C16H27NO4. The largest absolute Gasteiger partial charge is 0.493 e. The van der Waals surface area contributed by atoms with Gasteiger partial charge in [0.05, 0.1) is 21.3 Å². The first-order valence-corrected chi connectivity index (χ1v) is 7.17. The van der Waals surface area contributed by atoms with Crippen LogP contribution < -0.4 is 24.3 Å². The summed E-state index contributed by atoms with van der Waals surface area (Å²) in [5.74, 6) is 2.43. The summed E-state index contributed by atoms with van der Waals surface area (Å²) in [6, 6.07) is 3.62. The quantitative estimate of drug-likeness (QED) is 0.710. The maximum absolute atomic E-state index is 6.05. The van der Waals surface area contributed by atoms with Crippen LogP contribution in [0.5, 0.6) is 23.0 Å². The molecule has 1 N–H and O–H groups in total. The molecule has 1 aromatic carbocycles. The van der Waals surface area contributed by atoms with E-state index >= 15 is 0 Å². The zero-order chi connectivity index (χ0) is 15.9. The Labute approximate surface area is 127 Å². The third-order valence-electron chi connectivity index (χ3n) is 3.01. The van der Waals surface area contributed by atoms with E-state index in [-0.39, 0.29) is 5.60 Å². The Morgan fingerprint density at radius 2 is 1.57 bits per heavy atom. The lowest BCUT2D eigenvalue weighted by Crippen LogP contribution is -2.40. The molecule has 5 heteroatoms. The van der Waals surface area contributed by atoms with Gasteiger partial charge in [-0.3, -0.25) is 0 Å². The monoisotopic (exact) mass is 297 g/mol. The van der Waals surface area contributed by atoms with Gasteiger partial charge in [-0.15, -0.1) is 0 Å². The zero-order valence-electron chi connectivity index (χ0n) is 13.9. The summed E-state index contributed by atoms with van der Waals surface area (Å²) < 4.78 is 22.0. The van der Waals surface area contributed by atoms with Crippen LogP contribution in [0.1, 0.15) is 27.2 Å². The molecule has 1 rings (SSSR count). The second kappa shape index (κ2) is 7.98. The number of hydrogen-bond donors (Lipinski definition) is 1. The topological polar surface area (TPSA) is 49.0 Å². The van der Waals surface area contributed by atoms with Crippen LogP contribution in [0.25, 0.3) is 0 Å². The normalized spacial score (nSPS) is 11.1. The predicted octanol–water partition coefficient (Wildman–Crippen LogP) is 2.87. The van der Waals surface area contributed by atoms with Crippen molar-refractivity contribution in [2.45, 2.75) is 32.8 Å². The molecule has 0 fully saturated rings. The third kappa shape index (κ3) is 5.01. The molecule has 0 saturated carbocycles. The first-order chi connectivity index (χ1) is 9.97. The lowest BCUT2D eigenvalue weighted by molar-refractivity contribution is 0.107. The minimum Gasteiger partial charge on any atom is -0.493 e. The fourth-order valence-electron chi connectivity index (χ4n) is 2.04. The molecule has 5 nitrogen and oxygen atoms in total. The molecule has 0 aromatic heterocycles. The fourth-order valence-corrected chi connectivity index (χ4v) is 2.04. The molecule has 0 atom stereocenters. The van der Waals surface area contributed by atoms with E-state index < -0.39 is 0 Å². The number of nitrogens with one attached hydrogen (secondary N) is 1. The van der Waals surface area contributed by atoms with Crippen LogP contribution in [0.15, 0.2) is 12.1 Å². The molecular weight excluding hydrogens is 270 g/mol. The van der Waals surface area contributed by atoms with Gasteiger partial charge in [0, 0.05) is 18.7 Å². The SMILES string of the molecule is CCCNCC(C)(C)Oc1cc(OC)c(OC)c(OC)c1. The molecule has 0 bridgehead atoms. The van der Waals surface area contributed by atoms with Crippen molar-refractivity contribution in [1.29, 1.82) is 0 Å². The van der Waals surface area contributed by atoms with E-state index in [4.69, 9.17) is 18.9 Å². The standard InChI is InChI=1S/C16H27NO4/c1-7-8-17-11-16(2,3)21-12-9-13(18-4)15(20-6)14(10-12)19-5/h9-10,17H,7-8,11H2,1-6H3. The number of hydrogen-bond acceptors (Lipinski definition) is 5. The van der Waals surface area contributed by atoms with Crippen LogP contribution in [0.2, 0.25) is 0 Å². The highest BCUT2D eigenvalue weighted by Crippen LogP contribution is 2.41. The fraction of sp³-hybridized carbons (Fsp3) is 0.625. The molecule has 1 aromatic rings. The van der Waals surface area contributed by atoms with Crippen LogP contribution >= 0.6 is 0 Å². The Hall–Kier alpha value is -1.62. The van der Waals surface area contributed by atoms with Gasteiger partial charge >= 0.3 is 0 Å². The Morgan fingerprint density at radius 3 is 2.00 bits per heavy atom. The van der Waals surface area contributed by atoms with Crippen molar-refractivity contribution in [3.63, 3.8) is 0 Å². The van der Waals surface area contributed by atoms with Crippen LogP contribution in [-0.2, 0) is 0 Å². The lowest BCUT2D eigenvalue weighted by atomic mass is 10.1. The van der Waals surface area contributed by atoms with Gasteiger partial charge in [0.1, 0.15) is 11.4 Å². The molecule has 0 unspecified atom stereocenters. The summed E-state index contributed by atoms with van der Waals surface area (Å²) in [6.45, 7) is 7.96. The molecule has 0 heterocycles. The van der Waals surface area contributed by atoms with E-state index in [2.05, 4.69) is 12.2 Å². The Morgan fingerprint density at radius 1 is 1.00 bits per heavy atom. The van der Waals surface area contributed by atoms with Crippen molar-refractivity contribution in [2.75, 3.05) is 34.4 Å². The molecule has 120 valence electrons. The third-order valence-corrected chi connectivity index (χ3v) is 3.01. The van der Waals surface area contributed by atoms with E-state index in [1.807, 2.05) is 26.0 Å². The molecule has 0 aliphatic carbocycles. The molecule has 0 aliphatic rings. The number of rotatable bonds is 9. The van der Waals surface area contributed by atoms with Gasteiger partial charge in [-0.1, -0.05) is 6.92 Å². The van der Waals surface area contributed by atoms with Crippen molar-refractivity contribution in [3.8, 4) is 23.0 Å². The second-order valence-corrected chi connectivity index (χ2v) is 5.40. The van der Waals surface area contributed by atoms with Crippen molar-refractivity contribution < 1.29 is 18.9 Å². The van der Waals surface area contributed by atoms with E-state index in [0.717, 1.165) is 19.5 Å². The molecule has 21 heavy (non-hydrogen) atoms. The first kappa shape index (κ1) is 17.4. The van der Waals surface area contributed by atoms with E-state index in [1.165, 1.54) is 0 Å². The summed E-state index contributed by atoms with van der Waals surface area (Å²) in [5.41, 5.74) is -0.334. The van der Waals surface area contributed by atoms with Crippen molar-refractivity contribution in [1.82, 2.24) is 5.32 Å². The van der Waals surface area contributed by atoms with E-state index in [9.17, 15) is 0 Å². The summed E-state index contributed by atoms with van der Waals surface area (Å²) in [7, 11) is 4.77. The summed E-state index contributed by atoms with van der Waals surface area (Å²) >= 11 is 0. The predicted molar refractivity (Wildman–Crippen MR) is 84.0 cm³/mol. The highest BCUT2D eigenvalue weighted by Gasteiger charge is 2.22. The zero-order valence-corrected chi connectivity index (χ0v) is 13.9. The summed E-state index contributed by atoms with van der Waals surface area (Å²) in [5, 5.41) is 3.36. The minimum atomic E-state index is -0.334. The van der Waals surface area contributed by atoms with Gasteiger partial charge in [0.15, 0.2) is 11.5 Å². The highest BCUT2D eigenvalue weighted by molar-refractivity contribution is 5.56. The van der Waals surface area contributed by atoms with E-state index in [1.54, 1.807) is 21.3 Å². The maximum Gasteiger partial charge on any atom is 0.203 e. The molecule has 0 amide bonds. The van der Waals surface area contributed by atoms with Crippen molar-refractivity contribution >= 4 is 0 Å². The van der Waals surface area contributed by atoms with E-state index in [0.29, 0.717) is 23.0 Å². The van der Waals surface area contributed by atoms with Gasteiger partial charge in [-0.25, -0.2) is 0 Å². The second-order valence-electron chi connectivity index (χ2n) is 5.40. The van der Waals surface area contributed by atoms with Crippen LogP contribution in [0.3, 0.4) is 0 Å². The summed E-state index contributed by atoms with van der Waals surface area (Å²) in [6.07, 6.45) is 1.10. The molecule has 0 aliphatic heterocycles. The molecule has 0 saturated heterocycles. The smallest absolute Gasteiger partial charge is 0.203 e. The van der Waals surface area contributed by atoms with Crippen molar-refractivity contribution in [2.24, 2.45) is 0 Å². The summed E-state index contributed by atoms with van der Waals surface area (Å²) in [4.78, 5) is 0. The van der Waals surface area contributed by atoms with Crippen LogP contribution in [0.4, 0.5) is 0 Å². The van der Waals surface area contributed by atoms with Gasteiger partial charge in [0.2, 0.25) is 5.75 Å². The van der Waals surface area contributed by atoms with Gasteiger partial charge < -0.3 is 24.3 Å². The van der Waals surface area contributed by atoms with Gasteiger partial charge in [-0.05, 0) is 26.8 Å². The minimum absolute atomic E-state index is 0.334. The Kier molecular flexibility index (Phi) is 6.62. The average molecular weight is 297 g/mol. The number of ether oxygens (including phenoxy) is 4. The molecule has 0 radical (unpaired) electrons. The Balaban J connectivity index is 2.92. The number of benzene rings is 1. The van der Waals surface area contributed by atoms with Crippen LogP contribution in [0, 0.1) is 0 Å². The average Bonchev–Trinajstić information content (AvgIpc) is 2.45. The van der Waals surface area contributed by atoms with Crippen molar-refractivity contribution in [3.05, 3.63) is 12.1 Å². The maximum atomic E-state index is 6.05. The number of methoxy groups -OCH3 is 3.